The van der Waals surface area contributed by atoms with Gasteiger partial charge in [0.15, 0.2) is 6.10 Å². The first-order valence-electron chi connectivity index (χ1n) is 9.15. The van der Waals surface area contributed by atoms with Gasteiger partial charge in [0.25, 0.3) is 5.91 Å². The zero-order chi connectivity index (χ0) is 17.9. The first kappa shape index (κ1) is 17.4. The maximum Gasteiger partial charge on any atom is 0.265 e. The molecule has 136 valence electrons. The van der Waals surface area contributed by atoms with E-state index in [2.05, 4.69) is 23.2 Å². The van der Waals surface area contributed by atoms with Crippen molar-refractivity contribution in [3.05, 3.63) is 59.2 Å². The SMILES string of the molecule is Cc1c(CN2CCSCC2)cccc1NC(=O)C1Cc2ccccc2O1. The normalized spacial score (nSPS) is 19.7. The molecule has 0 aliphatic carbocycles. The molecule has 2 aromatic rings. The van der Waals surface area contributed by atoms with E-state index in [0.29, 0.717) is 6.42 Å². The lowest BCUT2D eigenvalue weighted by Gasteiger charge is -2.27. The topological polar surface area (TPSA) is 41.6 Å². The monoisotopic (exact) mass is 368 g/mol. The third kappa shape index (κ3) is 3.74. The lowest BCUT2D eigenvalue weighted by atomic mass is 10.1. The molecule has 1 amide bonds. The number of fused-ring (bicyclic) bond motifs is 1. The summed E-state index contributed by atoms with van der Waals surface area (Å²) < 4.78 is 5.81. The van der Waals surface area contributed by atoms with Crippen molar-refractivity contribution in [2.24, 2.45) is 0 Å². The zero-order valence-corrected chi connectivity index (χ0v) is 15.8. The molecule has 2 heterocycles. The Kier molecular flexibility index (Phi) is 5.18. The van der Waals surface area contributed by atoms with E-state index >= 15 is 0 Å². The summed E-state index contributed by atoms with van der Waals surface area (Å²) in [5.41, 5.74) is 4.42. The van der Waals surface area contributed by atoms with E-state index in [-0.39, 0.29) is 5.91 Å². The highest BCUT2D eigenvalue weighted by Crippen LogP contribution is 2.29. The summed E-state index contributed by atoms with van der Waals surface area (Å²) in [5, 5.41) is 3.08. The highest BCUT2D eigenvalue weighted by Gasteiger charge is 2.29. The van der Waals surface area contributed by atoms with Crippen molar-refractivity contribution in [2.75, 3.05) is 29.9 Å². The first-order chi connectivity index (χ1) is 12.7. The van der Waals surface area contributed by atoms with E-state index in [1.807, 2.05) is 48.2 Å². The summed E-state index contributed by atoms with van der Waals surface area (Å²) in [7, 11) is 0. The molecule has 5 heteroatoms. The molecular weight excluding hydrogens is 344 g/mol. The fraction of sp³-hybridized carbons (Fsp3) is 0.381. The predicted molar refractivity (Wildman–Crippen MR) is 107 cm³/mol. The van der Waals surface area contributed by atoms with Crippen LogP contribution in [0.25, 0.3) is 0 Å². The number of anilines is 1. The molecule has 1 N–H and O–H groups in total. The average molecular weight is 369 g/mol. The van der Waals surface area contributed by atoms with Crippen LogP contribution in [0.5, 0.6) is 5.75 Å². The van der Waals surface area contributed by atoms with E-state index in [4.69, 9.17) is 4.74 Å². The molecule has 2 aliphatic heterocycles. The van der Waals surface area contributed by atoms with Gasteiger partial charge < -0.3 is 10.1 Å². The van der Waals surface area contributed by atoms with Crippen molar-refractivity contribution in [1.29, 1.82) is 0 Å². The highest BCUT2D eigenvalue weighted by molar-refractivity contribution is 7.99. The van der Waals surface area contributed by atoms with Crippen molar-refractivity contribution < 1.29 is 9.53 Å². The second-order valence-electron chi connectivity index (χ2n) is 6.89. The maximum absolute atomic E-state index is 12.7. The summed E-state index contributed by atoms with van der Waals surface area (Å²) >= 11 is 2.02. The second kappa shape index (κ2) is 7.72. The van der Waals surface area contributed by atoms with Gasteiger partial charge in [-0.15, -0.1) is 0 Å². The summed E-state index contributed by atoms with van der Waals surface area (Å²) in [6, 6.07) is 14.0. The summed E-state index contributed by atoms with van der Waals surface area (Å²) in [5.74, 6) is 3.15. The van der Waals surface area contributed by atoms with E-state index in [9.17, 15) is 4.79 Å². The van der Waals surface area contributed by atoms with Gasteiger partial charge in [-0.2, -0.15) is 11.8 Å². The van der Waals surface area contributed by atoms with Gasteiger partial charge in [-0.05, 0) is 35.7 Å². The third-order valence-corrected chi connectivity index (χ3v) is 6.08. The van der Waals surface area contributed by atoms with Crippen molar-refractivity contribution in [2.45, 2.75) is 26.0 Å². The molecule has 1 saturated heterocycles. The number of rotatable bonds is 4. The number of carbonyl (C=O) groups is 1. The summed E-state index contributed by atoms with van der Waals surface area (Å²) in [6.07, 6.45) is 0.182. The Labute approximate surface area is 158 Å². The molecular formula is C21H24N2O2S. The van der Waals surface area contributed by atoms with Gasteiger partial charge in [0.05, 0.1) is 0 Å². The molecule has 0 bridgehead atoms. The molecule has 0 aromatic heterocycles. The van der Waals surface area contributed by atoms with Crippen LogP contribution in [0.4, 0.5) is 5.69 Å². The van der Waals surface area contributed by atoms with Gasteiger partial charge in [-0.25, -0.2) is 0 Å². The highest BCUT2D eigenvalue weighted by atomic mass is 32.2. The number of nitrogens with zero attached hydrogens (tertiary/aromatic N) is 1. The van der Waals surface area contributed by atoms with Crippen molar-refractivity contribution >= 4 is 23.4 Å². The van der Waals surface area contributed by atoms with E-state index < -0.39 is 6.10 Å². The van der Waals surface area contributed by atoms with Crippen LogP contribution < -0.4 is 10.1 Å². The van der Waals surface area contributed by atoms with Gasteiger partial charge in [-0.1, -0.05) is 30.3 Å². The maximum atomic E-state index is 12.7. The molecule has 26 heavy (non-hydrogen) atoms. The quantitative estimate of drug-likeness (QED) is 0.897. The van der Waals surface area contributed by atoms with Gasteiger partial charge >= 0.3 is 0 Å². The first-order valence-corrected chi connectivity index (χ1v) is 10.3. The van der Waals surface area contributed by atoms with Gasteiger partial charge in [0.2, 0.25) is 0 Å². The van der Waals surface area contributed by atoms with E-state index in [1.165, 1.54) is 17.1 Å². The van der Waals surface area contributed by atoms with Crippen LogP contribution in [0, 0.1) is 6.92 Å². The molecule has 0 radical (unpaired) electrons. The standard InChI is InChI=1S/C21H24N2O2S/c1-15-17(14-23-9-11-26-12-10-23)6-4-7-18(15)22-21(24)20-13-16-5-2-3-8-19(16)25-20/h2-8,20H,9-14H2,1H3,(H,22,24). The number of hydrogen-bond acceptors (Lipinski definition) is 4. The van der Waals surface area contributed by atoms with Crippen LogP contribution in [0.2, 0.25) is 0 Å². The Bertz CT molecular complexity index is 777. The Morgan fingerprint density at radius 2 is 2.00 bits per heavy atom. The lowest BCUT2D eigenvalue weighted by Crippen LogP contribution is -2.33. The predicted octanol–water partition coefficient (Wildman–Crippen LogP) is 3.49. The Hall–Kier alpha value is -1.98. The molecule has 1 unspecified atom stereocenters. The number of amides is 1. The number of nitrogens with one attached hydrogen (secondary N) is 1. The number of para-hydroxylation sites is 1. The summed E-state index contributed by atoms with van der Waals surface area (Å²) in [4.78, 5) is 15.2. The minimum absolute atomic E-state index is 0.0733. The van der Waals surface area contributed by atoms with Crippen molar-refractivity contribution in [1.82, 2.24) is 4.90 Å². The van der Waals surface area contributed by atoms with Crippen molar-refractivity contribution in [3.8, 4) is 5.75 Å². The molecule has 0 spiro atoms. The molecule has 2 aliphatic rings. The van der Waals surface area contributed by atoms with Crippen LogP contribution in [-0.2, 0) is 17.8 Å². The molecule has 1 atom stereocenters. The largest absolute Gasteiger partial charge is 0.480 e. The smallest absolute Gasteiger partial charge is 0.265 e. The van der Waals surface area contributed by atoms with Crippen molar-refractivity contribution in [3.63, 3.8) is 0 Å². The van der Waals surface area contributed by atoms with Crippen LogP contribution >= 0.6 is 11.8 Å². The van der Waals surface area contributed by atoms with Crippen LogP contribution in [0.15, 0.2) is 42.5 Å². The molecule has 0 saturated carbocycles. The fourth-order valence-electron chi connectivity index (χ4n) is 3.53. The van der Waals surface area contributed by atoms with Gasteiger partial charge in [-0.3, -0.25) is 9.69 Å². The number of ether oxygens (including phenoxy) is 1. The molecule has 2 aromatic carbocycles. The minimum Gasteiger partial charge on any atom is -0.480 e. The number of thioether (sulfide) groups is 1. The fourth-order valence-corrected chi connectivity index (χ4v) is 4.51. The Morgan fingerprint density at radius 3 is 2.81 bits per heavy atom. The Balaban J connectivity index is 1.43. The molecule has 4 nitrogen and oxygen atoms in total. The van der Waals surface area contributed by atoms with E-state index in [0.717, 1.165) is 42.2 Å². The van der Waals surface area contributed by atoms with Crippen LogP contribution in [0.3, 0.4) is 0 Å². The molecule has 1 fully saturated rings. The average Bonchev–Trinajstić information content (AvgIpc) is 3.10. The number of carbonyl (C=O) groups excluding carboxylic acids is 1. The second-order valence-corrected chi connectivity index (χ2v) is 8.11. The third-order valence-electron chi connectivity index (χ3n) is 5.14. The summed E-state index contributed by atoms with van der Waals surface area (Å²) in [6.45, 7) is 5.30. The minimum atomic E-state index is -0.449. The van der Waals surface area contributed by atoms with Gasteiger partial charge in [0.1, 0.15) is 5.75 Å². The van der Waals surface area contributed by atoms with Crippen LogP contribution in [-0.4, -0.2) is 41.5 Å². The van der Waals surface area contributed by atoms with Gasteiger partial charge in [0, 0.05) is 43.2 Å². The number of benzene rings is 2. The Morgan fingerprint density at radius 1 is 1.19 bits per heavy atom. The number of hydrogen-bond donors (Lipinski definition) is 1. The molecule has 4 rings (SSSR count). The zero-order valence-electron chi connectivity index (χ0n) is 15.0. The van der Waals surface area contributed by atoms with E-state index in [1.54, 1.807) is 0 Å². The van der Waals surface area contributed by atoms with Crippen LogP contribution in [0.1, 0.15) is 16.7 Å². The lowest BCUT2D eigenvalue weighted by molar-refractivity contribution is -0.122.